The number of halogens is 2. The largest absolute Gasteiger partial charge is 0.502 e. The molecule has 32 heavy (non-hydrogen) atoms. The fourth-order valence-corrected chi connectivity index (χ4v) is 4.07. The molecule has 1 fully saturated rings. The van der Waals surface area contributed by atoms with E-state index in [9.17, 15) is 28.3 Å². The Labute approximate surface area is 182 Å². The number of benzene rings is 1. The zero-order chi connectivity index (χ0) is 23.0. The summed E-state index contributed by atoms with van der Waals surface area (Å²) in [5.74, 6) is -3.46. The number of rotatable bonds is 6. The second-order valence-corrected chi connectivity index (χ2v) is 8.03. The van der Waals surface area contributed by atoms with E-state index in [4.69, 9.17) is 4.74 Å². The first-order valence-corrected chi connectivity index (χ1v) is 10.3. The minimum Gasteiger partial charge on any atom is -0.502 e. The number of pyridine rings is 1. The van der Waals surface area contributed by atoms with Gasteiger partial charge in [0.05, 0.1) is 11.7 Å². The van der Waals surface area contributed by atoms with Crippen LogP contribution in [-0.4, -0.2) is 59.3 Å². The first kappa shape index (κ1) is 21.9. The molecule has 1 atom stereocenters. The molecule has 8 nitrogen and oxygen atoms in total. The van der Waals surface area contributed by atoms with E-state index in [1.807, 2.05) is 0 Å². The monoisotopic (exact) mass is 447 g/mol. The van der Waals surface area contributed by atoms with E-state index < -0.39 is 34.5 Å². The van der Waals surface area contributed by atoms with Crippen LogP contribution in [0.15, 0.2) is 29.2 Å². The van der Waals surface area contributed by atoms with Crippen molar-refractivity contribution in [2.75, 3.05) is 31.9 Å². The molecule has 2 aliphatic rings. The van der Waals surface area contributed by atoms with E-state index in [0.29, 0.717) is 13.2 Å². The van der Waals surface area contributed by atoms with Crippen LogP contribution in [0.1, 0.15) is 45.7 Å². The Morgan fingerprint density at radius 1 is 1.28 bits per heavy atom. The fraction of sp³-hybridized carbons (Fsp3) is 0.409. The number of nitrogens with zero attached hydrogens (tertiary/aromatic N) is 3. The lowest BCUT2D eigenvalue weighted by Gasteiger charge is -2.38. The molecule has 2 aromatic rings. The van der Waals surface area contributed by atoms with Crippen LogP contribution in [0.5, 0.6) is 5.75 Å². The topological polar surface area (TPSA) is 92.1 Å². The average molecular weight is 447 g/mol. The lowest BCUT2D eigenvalue weighted by atomic mass is 10.0. The van der Waals surface area contributed by atoms with Gasteiger partial charge in [0, 0.05) is 38.9 Å². The molecule has 1 amide bonds. The first-order chi connectivity index (χ1) is 15.3. The molecule has 10 heteroatoms. The number of hydrogen-bond acceptors (Lipinski definition) is 6. The quantitative estimate of drug-likeness (QED) is 0.680. The summed E-state index contributed by atoms with van der Waals surface area (Å²) in [6.45, 7) is 1.15. The lowest BCUT2D eigenvalue weighted by molar-refractivity contribution is 0.0465. The van der Waals surface area contributed by atoms with Crippen LogP contribution in [0, 0.1) is 11.6 Å². The van der Waals surface area contributed by atoms with Crippen molar-refractivity contribution in [2.45, 2.75) is 31.8 Å². The van der Waals surface area contributed by atoms with Gasteiger partial charge in [0.2, 0.25) is 5.43 Å². The highest BCUT2D eigenvalue weighted by Gasteiger charge is 2.34. The van der Waals surface area contributed by atoms with Crippen LogP contribution in [0.3, 0.4) is 0 Å². The van der Waals surface area contributed by atoms with Crippen LogP contribution >= 0.6 is 0 Å². The van der Waals surface area contributed by atoms with Gasteiger partial charge in [-0.05, 0) is 30.9 Å². The summed E-state index contributed by atoms with van der Waals surface area (Å²) >= 11 is 0. The Morgan fingerprint density at radius 3 is 2.75 bits per heavy atom. The summed E-state index contributed by atoms with van der Waals surface area (Å²) in [4.78, 5) is 39.8. The maximum Gasteiger partial charge on any atom is 0.277 e. The second-order valence-electron chi connectivity index (χ2n) is 8.03. The molecule has 0 radical (unpaired) electrons. The number of Topliss-reactive ketones (excluding diaryl/α,β-unsaturated/α-hetero) is 1. The molecule has 4 rings (SSSR count). The smallest absolute Gasteiger partial charge is 0.277 e. The van der Waals surface area contributed by atoms with Crippen LogP contribution in [-0.2, 0) is 11.2 Å². The number of ether oxygens (including phenoxy) is 1. The molecular weight excluding hydrogens is 424 g/mol. The number of amides is 1. The molecule has 1 aromatic heterocycles. The standard InChI is InChI=1S/C22H23F2N3O5/c1-25-12-26(10-15-3-2-8-32-15)22(31)19-21(30)20(29)16(11-27(19)25)18(28)7-5-13-4-6-14(23)9-17(13)24/h4,6,9,11,15,30H,2-3,5,7-8,10,12H2,1H3/t15-/m0/s1. The van der Waals surface area contributed by atoms with E-state index in [1.165, 1.54) is 21.8 Å². The molecule has 0 aliphatic carbocycles. The van der Waals surface area contributed by atoms with Crippen molar-refractivity contribution < 1.29 is 28.2 Å². The van der Waals surface area contributed by atoms with Crippen molar-refractivity contribution in [3.05, 3.63) is 63.1 Å². The van der Waals surface area contributed by atoms with Gasteiger partial charge in [0.25, 0.3) is 5.91 Å². The predicted octanol–water partition coefficient (Wildman–Crippen LogP) is 1.81. The number of hydrogen-bond donors (Lipinski definition) is 1. The predicted molar refractivity (Wildman–Crippen MR) is 110 cm³/mol. The van der Waals surface area contributed by atoms with Gasteiger partial charge >= 0.3 is 0 Å². The SMILES string of the molecule is CN1CN(C[C@@H]2CCCO2)C(=O)c2c(O)c(=O)c(C(=O)CCc3ccc(F)cc3F)cn21. The number of aromatic hydroxyl groups is 1. The Bertz CT molecular complexity index is 1130. The van der Waals surface area contributed by atoms with Crippen LogP contribution < -0.4 is 10.4 Å². The highest BCUT2D eigenvalue weighted by atomic mass is 19.1. The van der Waals surface area contributed by atoms with E-state index in [-0.39, 0.29) is 42.4 Å². The molecule has 170 valence electrons. The third-order valence-electron chi connectivity index (χ3n) is 5.78. The van der Waals surface area contributed by atoms with E-state index in [1.54, 1.807) is 12.1 Å². The number of carbonyl (C=O) groups is 2. The highest BCUT2D eigenvalue weighted by molar-refractivity contribution is 6.00. The van der Waals surface area contributed by atoms with Crippen molar-refractivity contribution >= 4 is 11.7 Å². The third kappa shape index (κ3) is 4.10. The Balaban J connectivity index is 1.57. The minimum absolute atomic E-state index is 0.0448. The van der Waals surface area contributed by atoms with Crippen LogP contribution in [0.2, 0.25) is 0 Å². The average Bonchev–Trinajstić information content (AvgIpc) is 3.26. The summed E-state index contributed by atoms with van der Waals surface area (Å²) in [7, 11) is 1.66. The van der Waals surface area contributed by atoms with Crippen molar-refractivity contribution in [1.29, 1.82) is 0 Å². The van der Waals surface area contributed by atoms with Gasteiger partial charge in [-0.2, -0.15) is 0 Å². The van der Waals surface area contributed by atoms with E-state index in [2.05, 4.69) is 0 Å². The van der Waals surface area contributed by atoms with Gasteiger partial charge in [-0.3, -0.25) is 24.1 Å². The minimum atomic E-state index is -0.957. The van der Waals surface area contributed by atoms with Crippen molar-refractivity contribution in [2.24, 2.45) is 0 Å². The Kier molecular flexibility index (Phi) is 5.96. The van der Waals surface area contributed by atoms with E-state index >= 15 is 0 Å². The third-order valence-corrected chi connectivity index (χ3v) is 5.78. The Hall–Kier alpha value is -3.27. The maximum atomic E-state index is 13.8. The van der Waals surface area contributed by atoms with Gasteiger partial charge in [-0.15, -0.1) is 0 Å². The van der Waals surface area contributed by atoms with Crippen molar-refractivity contribution in [3.8, 4) is 5.75 Å². The first-order valence-electron chi connectivity index (χ1n) is 10.3. The summed E-state index contributed by atoms with van der Waals surface area (Å²) in [6.07, 6.45) is 2.60. The molecule has 2 aliphatic heterocycles. The number of aryl methyl sites for hydroxylation is 1. The van der Waals surface area contributed by atoms with Crippen molar-refractivity contribution in [1.82, 2.24) is 9.58 Å². The van der Waals surface area contributed by atoms with E-state index in [0.717, 1.165) is 25.0 Å². The molecule has 3 heterocycles. The number of carbonyl (C=O) groups excluding carboxylic acids is 2. The van der Waals surface area contributed by atoms with Gasteiger partial charge in [-0.1, -0.05) is 6.07 Å². The van der Waals surface area contributed by atoms with Crippen LogP contribution in [0.4, 0.5) is 8.78 Å². The summed E-state index contributed by atoms with van der Waals surface area (Å²) in [5.41, 5.74) is -1.34. The number of fused-ring (bicyclic) bond motifs is 1. The molecule has 1 N–H and O–H groups in total. The zero-order valence-electron chi connectivity index (χ0n) is 17.5. The Morgan fingerprint density at radius 2 is 2.06 bits per heavy atom. The van der Waals surface area contributed by atoms with Crippen LogP contribution in [0.25, 0.3) is 0 Å². The molecular formula is C22H23F2N3O5. The zero-order valence-corrected chi connectivity index (χ0v) is 17.5. The molecule has 0 unspecified atom stereocenters. The summed E-state index contributed by atoms with van der Waals surface area (Å²) < 4.78 is 33.8. The molecule has 0 bridgehead atoms. The van der Waals surface area contributed by atoms with Gasteiger partial charge in [0.15, 0.2) is 17.2 Å². The normalized spacial score (nSPS) is 18.2. The molecule has 0 saturated carbocycles. The molecule has 0 spiro atoms. The number of ketones is 1. The second kappa shape index (κ2) is 8.70. The van der Waals surface area contributed by atoms with Gasteiger partial charge in [0.1, 0.15) is 18.3 Å². The fourth-order valence-electron chi connectivity index (χ4n) is 4.07. The number of aromatic nitrogens is 1. The maximum absolute atomic E-state index is 13.8. The van der Waals surface area contributed by atoms with Gasteiger partial charge < -0.3 is 14.7 Å². The van der Waals surface area contributed by atoms with Crippen molar-refractivity contribution in [3.63, 3.8) is 0 Å². The molecule has 1 aromatic carbocycles. The molecule has 1 saturated heterocycles. The lowest BCUT2D eigenvalue weighted by Crippen LogP contribution is -2.54. The van der Waals surface area contributed by atoms with Gasteiger partial charge in [-0.25, -0.2) is 8.78 Å². The highest BCUT2D eigenvalue weighted by Crippen LogP contribution is 2.23. The summed E-state index contributed by atoms with van der Waals surface area (Å²) in [6, 6.07) is 3.05. The summed E-state index contributed by atoms with van der Waals surface area (Å²) in [5, 5.41) is 12.1.